The van der Waals surface area contributed by atoms with Gasteiger partial charge in [-0.3, -0.25) is 0 Å². The molecule has 2 aromatic rings. The van der Waals surface area contributed by atoms with Crippen molar-refractivity contribution in [3.05, 3.63) is 65.7 Å². The number of fused-ring (bicyclic) bond motifs is 1. The fourth-order valence-corrected chi connectivity index (χ4v) is 3.07. The third-order valence-electron chi connectivity index (χ3n) is 3.95. The molecular weight excluding hydrogens is 256 g/mol. The Morgan fingerprint density at radius 3 is 2.33 bits per heavy atom. The van der Waals surface area contributed by atoms with Gasteiger partial charge in [0.2, 0.25) is 0 Å². The largest absolute Gasteiger partial charge is 0.380 e. The molecule has 1 aliphatic rings. The van der Waals surface area contributed by atoms with Gasteiger partial charge in [0.25, 0.3) is 0 Å². The molecule has 2 heteroatoms. The predicted octanol–water partition coefficient (Wildman–Crippen LogP) is 4.15. The van der Waals surface area contributed by atoms with Crippen LogP contribution in [-0.2, 0) is 6.42 Å². The normalized spacial score (nSPS) is 18.9. The first-order valence-corrected chi connectivity index (χ1v) is 7.70. The van der Waals surface area contributed by atoms with E-state index >= 15 is 0 Å². The Morgan fingerprint density at radius 1 is 1.00 bits per heavy atom. The lowest BCUT2D eigenvalue weighted by molar-refractivity contribution is 0.338. The zero-order chi connectivity index (χ0) is 14.9. The molecule has 0 radical (unpaired) electrons. The van der Waals surface area contributed by atoms with E-state index in [4.69, 9.17) is 0 Å². The third-order valence-corrected chi connectivity index (χ3v) is 3.95. The molecule has 0 fully saturated rings. The minimum absolute atomic E-state index is 0.0803. The summed E-state index contributed by atoms with van der Waals surface area (Å²) in [6.07, 6.45) is 1.07. The number of anilines is 1. The first-order valence-electron chi connectivity index (χ1n) is 7.70. The van der Waals surface area contributed by atoms with Gasteiger partial charge in [-0.1, -0.05) is 48.5 Å². The molecule has 2 unspecified atom stereocenters. The second kappa shape index (κ2) is 5.53. The first-order chi connectivity index (χ1) is 10.0. The molecule has 0 bridgehead atoms. The summed E-state index contributed by atoms with van der Waals surface area (Å²) >= 11 is 0. The van der Waals surface area contributed by atoms with Gasteiger partial charge in [-0.2, -0.15) is 0 Å². The van der Waals surface area contributed by atoms with E-state index in [0.29, 0.717) is 12.1 Å². The topological polar surface area (TPSA) is 24.1 Å². The summed E-state index contributed by atoms with van der Waals surface area (Å²) in [5.74, 6) is 0. The summed E-state index contributed by atoms with van der Waals surface area (Å²) in [5, 5.41) is 7.48. The number of nitrogens with one attached hydrogen (secondary N) is 2. The first kappa shape index (κ1) is 14.2. The fraction of sp³-hybridized carbons (Fsp3) is 0.368. The Morgan fingerprint density at radius 2 is 1.67 bits per heavy atom. The molecule has 3 rings (SSSR count). The van der Waals surface area contributed by atoms with Crippen molar-refractivity contribution in [2.24, 2.45) is 0 Å². The highest BCUT2D eigenvalue weighted by Crippen LogP contribution is 2.32. The second-order valence-electron chi connectivity index (χ2n) is 6.89. The number of para-hydroxylation sites is 1. The van der Waals surface area contributed by atoms with Crippen molar-refractivity contribution in [1.82, 2.24) is 5.32 Å². The average Bonchev–Trinajstić information content (AvgIpc) is 2.88. The highest BCUT2D eigenvalue weighted by Gasteiger charge is 2.31. The molecule has 0 aliphatic carbocycles. The summed E-state index contributed by atoms with van der Waals surface area (Å²) in [7, 11) is 0. The summed E-state index contributed by atoms with van der Waals surface area (Å²) in [5.41, 5.74) is 4.12. The summed E-state index contributed by atoms with van der Waals surface area (Å²) in [6.45, 7) is 6.68. The van der Waals surface area contributed by atoms with Crippen LogP contribution in [0.1, 0.15) is 37.9 Å². The predicted molar refractivity (Wildman–Crippen MR) is 89.6 cm³/mol. The standard InChI is InChI=1S/C19H24N2/c1-19(2,3)21-18(14-9-5-4-6-10-14)17-13-15-11-7-8-12-16(15)20-17/h4-12,17-18,20-21H,13H2,1-3H3. The summed E-state index contributed by atoms with van der Waals surface area (Å²) < 4.78 is 0. The maximum Gasteiger partial charge on any atom is 0.0532 e. The molecule has 1 heterocycles. The molecule has 0 saturated carbocycles. The maximum absolute atomic E-state index is 3.79. The molecule has 2 atom stereocenters. The fourth-order valence-electron chi connectivity index (χ4n) is 3.07. The van der Waals surface area contributed by atoms with E-state index in [-0.39, 0.29) is 5.54 Å². The molecule has 21 heavy (non-hydrogen) atoms. The van der Waals surface area contributed by atoms with Gasteiger partial charge in [0.05, 0.1) is 6.04 Å². The van der Waals surface area contributed by atoms with Crippen molar-refractivity contribution in [3.63, 3.8) is 0 Å². The minimum Gasteiger partial charge on any atom is -0.380 e. The quantitative estimate of drug-likeness (QED) is 0.882. The summed E-state index contributed by atoms with van der Waals surface area (Å²) in [6, 6.07) is 20.1. The smallest absolute Gasteiger partial charge is 0.0532 e. The number of hydrogen-bond acceptors (Lipinski definition) is 2. The monoisotopic (exact) mass is 280 g/mol. The number of benzene rings is 2. The van der Waals surface area contributed by atoms with E-state index in [2.05, 4.69) is 86.0 Å². The van der Waals surface area contributed by atoms with Gasteiger partial charge in [-0.25, -0.2) is 0 Å². The van der Waals surface area contributed by atoms with Crippen LogP contribution in [0.15, 0.2) is 54.6 Å². The van der Waals surface area contributed by atoms with Crippen LogP contribution in [0.5, 0.6) is 0 Å². The van der Waals surface area contributed by atoms with Crippen LogP contribution in [0.3, 0.4) is 0 Å². The lowest BCUT2D eigenvalue weighted by Crippen LogP contribution is -2.45. The molecular formula is C19H24N2. The van der Waals surface area contributed by atoms with Crippen LogP contribution in [0.4, 0.5) is 5.69 Å². The van der Waals surface area contributed by atoms with E-state index in [1.165, 1.54) is 16.8 Å². The maximum atomic E-state index is 3.79. The lowest BCUT2D eigenvalue weighted by Gasteiger charge is -2.33. The zero-order valence-corrected chi connectivity index (χ0v) is 13.1. The number of rotatable bonds is 3. The van der Waals surface area contributed by atoms with Gasteiger partial charge < -0.3 is 10.6 Å². The molecule has 0 aromatic heterocycles. The van der Waals surface area contributed by atoms with Gasteiger partial charge in [-0.15, -0.1) is 0 Å². The van der Waals surface area contributed by atoms with E-state index in [1.807, 2.05) is 0 Å². The van der Waals surface area contributed by atoms with Gasteiger partial charge in [0, 0.05) is 17.3 Å². The second-order valence-corrected chi connectivity index (χ2v) is 6.89. The van der Waals surface area contributed by atoms with Crippen LogP contribution in [-0.4, -0.2) is 11.6 Å². The SMILES string of the molecule is CC(C)(C)NC(c1ccccc1)C1Cc2ccccc2N1. The molecule has 0 amide bonds. The van der Waals surface area contributed by atoms with E-state index in [1.54, 1.807) is 0 Å². The van der Waals surface area contributed by atoms with Gasteiger partial charge in [0.15, 0.2) is 0 Å². The van der Waals surface area contributed by atoms with Crippen molar-refractivity contribution in [1.29, 1.82) is 0 Å². The Hall–Kier alpha value is -1.80. The molecule has 2 N–H and O–H groups in total. The van der Waals surface area contributed by atoms with Crippen molar-refractivity contribution >= 4 is 5.69 Å². The van der Waals surface area contributed by atoms with Crippen molar-refractivity contribution in [2.75, 3.05) is 5.32 Å². The average molecular weight is 280 g/mol. The van der Waals surface area contributed by atoms with Crippen LogP contribution < -0.4 is 10.6 Å². The number of hydrogen-bond donors (Lipinski definition) is 2. The van der Waals surface area contributed by atoms with Crippen LogP contribution in [0, 0.1) is 0 Å². The molecule has 0 saturated heterocycles. The molecule has 2 nitrogen and oxygen atoms in total. The lowest BCUT2D eigenvalue weighted by atomic mass is 9.94. The highest BCUT2D eigenvalue weighted by atomic mass is 15.1. The van der Waals surface area contributed by atoms with Crippen molar-refractivity contribution in [2.45, 2.75) is 44.8 Å². The van der Waals surface area contributed by atoms with Gasteiger partial charge in [0.1, 0.15) is 0 Å². The van der Waals surface area contributed by atoms with Gasteiger partial charge >= 0.3 is 0 Å². The van der Waals surface area contributed by atoms with E-state index < -0.39 is 0 Å². The third kappa shape index (κ3) is 3.27. The van der Waals surface area contributed by atoms with Crippen LogP contribution in [0.2, 0.25) is 0 Å². The minimum atomic E-state index is 0.0803. The molecule has 110 valence electrons. The zero-order valence-electron chi connectivity index (χ0n) is 13.1. The Bertz CT molecular complexity index is 573. The highest BCUT2D eigenvalue weighted by molar-refractivity contribution is 5.57. The Labute approximate surface area is 127 Å². The van der Waals surface area contributed by atoms with Crippen molar-refractivity contribution in [3.8, 4) is 0 Å². The Kier molecular flexibility index (Phi) is 3.73. The Balaban J connectivity index is 1.87. The van der Waals surface area contributed by atoms with Crippen LogP contribution in [0.25, 0.3) is 0 Å². The molecule has 2 aromatic carbocycles. The van der Waals surface area contributed by atoms with E-state index in [0.717, 1.165) is 6.42 Å². The molecule has 0 spiro atoms. The van der Waals surface area contributed by atoms with Gasteiger partial charge in [-0.05, 0) is 44.4 Å². The van der Waals surface area contributed by atoms with E-state index in [9.17, 15) is 0 Å². The summed E-state index contributed by atoms with van der Waals surface area (Å²) in [4.78, 5) is 0. The van der Waals surface area contributed by atoms with Crippen molar-refractivity contribution < 1.29 is 0 Å². The van der Waals surface area contributed by atoms with Crippen LogP contribution >= 0.6 is 0 Å². The molecule has 1 aliphatic heterocycles.